The first-order valence-electron chi connectivity index (χ1n) is 9.41. The van der Waals surface area contributed by atoms with Crippen molar-refractivity contribution in [2.45, 2.75) is 13.5 Å². The average molecular weight is 419 g/mol. The molecule has 0 spiro atoms. The minimum Gasteiger partial charge on any atom is -0.493 e. The van der Waals surface area contributed by atoms with Gasteiger partial charge in [0.1, 0.15) is 6.61 Å². The van der Waals surface area contributed by atoms with E-state index in [4.69, 9.17) is 9.47 Å². The van der Waals surface area contributed by atoms with Gasteiger partial charge in [-0.05, 0) is 42.3 Å². The molecule has 0 unspecified atom stereocenters. The molecule has 158 valence electrons. The summed E-state index contributed by atoms with van der Waals surface area (Å²) in [7, 11) is 1.54. The van der Waals surface area contributed by atoms with Crippen molar-refractivity contribution >= 4 is 17.8 Å². The molecule has 0 saturated heterocycles. The van der Waals surface area contributed by atoms with Crippen molar-refractivity contribution in [3.05, 3.63) is 99.1 Å². The predicted molar refractivity (Wildman–Crippen MR) is 117 cm³/mol. The highest BCUT2D eigenvalue weighted by Gasteiger charge is 2.14. The molecule has 31 heavy (non-hydrogen) atoms. The van der Waals surface area contributed by atoms with E-state index in [1.54, 1.807) is 25.1 Å². The van der Waals surface area contributed by atoms with Crippen molar-refractivity contribution < 1.29 is 19.2 Å². The Morgan fingerprint density at radius 2 is 1.87 bits per heavy atom. The SMILES string of the molecule is COc1cc(C=NNC(=O)c2ccc(C)c([N+](=O)[O-])c2)ccc1OCc1ccccc1. The summed E-state index contributed by atoms with van der Waals surface area (Å²) in [5.74, 6) is 0.564. The topological polar surface area (TPSA) is 103 Å². The number of nitro benzene ring substituents is 1. The van der Waals surface area contributed by atoms with Gasteiger partial charge in [-0.1, -0.05) is 36.4 Å². The first-order valence-corrected chi connectivity index (χ1v) is 9.41. The lowest BCUT2D eigenvalue weighted by molar-refractivity contribution is -0.385. The van der Waals surface area contributed by atoms with E-state index in [0.717, 1.165) is 5.56 Å². The number of nitrogens with zero attached hydrogens (tertiary/aromatic N) is 2. The smallest absolute Gasteiger partial charge is 0.273 e. The fraction of sp³-hybridized carbons (Fsp3) is 0.130. The van der Waals surface area contributed by atoms with Gasteiger partial charge in [0.15, 0.2) is 11.5 Å². The normalized spacial score (nSPS) is 10.6. The van der Waals surface area contributed by atoms with E-state index in [0.29, 0.717) is 29.2 Å². The predicted octanol–water partition coefficient (Wildman–Crippen LogP) is 4.25. The molecule has 0 atom stereocenters. The minimum atomic E-state index is -0.547. The van der Waals surface area contributed by atoms with Crippen molar-refractivity contribution in [1.29, 1.82) is 0 Å². The van der Waals surface area contributed by atoms with Crippen molar-refractivity contribution in [3.8, 4) is 11.5 Å². The summed E-state index contributed by atoms with van der Waals surface area (Å²) >= 11 is 0. The number of methoxy groups -OCH3 is 1. The van der Waals surface area contributed by atoms with Gasteiger partial charge in [-0.25, -0.2) is 5.43 Å². The quantitative estimate of drug-likeness (QED) is 0.334. The summed E-state index contributed by atoms with van der Waals surface area (Å²) in [4.78, 5) is 22.7. The number of rotatable bonds is 8. The third-order valence-electron chi connectivity index (χ3n) is 4.47. The maximum Gasteiger partial charge on any atom is 0.273 e. The Labute approximate surface area is 179 Å². The first kappa shape index (κ1) is 21.5. The highest BCUT2D eigenvalue weighted by Crippen LogP contribution is 2.28. The minimum absolute atomic E-state index is 0.118. The van der Waals surface area contributed by atoms with Crippen LogP contribution in [0.3, 0.4) is 0 Å². The molecule has 8 heteroatoms. The molecular weight excluding hydrogens is 398 g/mol. The number of amides is 1. The maximum atomic E-state index is 12.2. The number of carbonyl (C=O) groups excluding carboxylic acids is 1. The zero-order valence-corrected chi connectivity index (χ0v) is 17.1. The number of nitro groups is 1. The third-order valence-corrected chi connectivity index (χ3v) is 4.47. The molecule has 8 nitrogen and oxygen atoms in total. The molecular formula is C23H21N3O5. The number of hydrazone groups is 1. The highest BCUT2D eigenvalue weighted by molar-refractivity contribution is 5.95. The molecule has 0 aromatic heterocycles. The van der Waals surface area contributed by atoms with Crippen molar-refractivity contribution in [1.82, 2.24) is 5.43 Å². The van der Waals surface area contributed by atoms with Gasteiger partial charge in [-0.2, -0.15) is 5.10 Å². The van der Waals surface area contributed by atoms with Gasteiger partial charge in [0.25, 0.3) is 11.6 Å². The fourth-order valence-corrected chi connectivity index (χ4v) is 2.80. The summed E-state index contributed by atoms with van der Waals surface area (Å²) in [5.41, 5.74) is 4.59. The van der Waals surface area contributed by atoms with Crippen molar-refractivity contribution in [3.63, 3.8) is 0 Å². The van der Waals surface area contributed by atoms with Crippen LogP contribution < -0.4 is 14.9 Å². The van der Waals surface area contributed by atoms with Crippen molar-refractivity contribution in [2.24, 2.45) is 5.10 Å². The van der Waals surface area contributed by atoms with Gasteiger partial charge >= 0.3 is 0 Å². The average Bonchev–Trinajstić information content (AvgIpc) is 2.78. The Bertz CT molecular complexity index is 1110. The van der Waals surface area contributed by atoms with Crippen LogP contribution >= 0.6 is 0 Å². The lowest BCUT2D eigenvalue weighted by Crippen LogP contribution is -2.17. The van der Waals surface area contributed by atoms with Gasteiger partial charge in [-0.15, -0.1) is 0 Å². The Hall–Kier alpha value is -4.20. The Morgan fingerprint density at radius 3 is 2.58 bits per heavy atom. The summed E-state index contributed by atoms with van der Waals surface area (Å²) in [6.07, 6.45) is 1.45. The van der Waals surface area contributed by atoms with Crippen LogP contribution in [0.25, 0.3) is 0 Å². The van der Waals surface area contributed by atoms with Crippen LogP contribution in [0.5, 0.6) is 11.5 Å². The van der Waals surface area contributed by atoms with Crippen LogP contribution in [-0.2, 0) is 6.61 Å². The van der Waals surface area contributed by atoms with Gasteiger partial charge < -0.3 is 9.47 Å². The zero-order chi connectivity index (χ0) is 22.2. The molecule has 3 aromatic carbocycles. The molecule has 0 saturated carbocycles. The monoisotopic (exact) mass is 419 g/mol. The number of hydrogen-bond acceptors (Lipinski definition) is 6. The maximum absolute atomic E-state index is 12.2. The van der Waals surface area contributed by atoms with E-state index < -0.39 is 10.8 Å². The van der Waals surface area contributed by atoms with Crippen LogP contribution in [0.2, 0.25) is 0 Å². The lowest BCUT2D eigenvalue weighted by Gasteiger charge is -2.11. The van der Waals surface area contributed by atoms with Crippen molar-refractivity contribution in [2.75, 3.05) is 7.11 Å². The van der Waals surface area contributed by atoms with E-state index in [1.807, 2.05) is 30.3 Å². The van der Waals surface area contributed by atoms with Gasteiger partial charge in [0, 0.05) is 17.2 Å². The van der Waals surface area contributed by atoms with Crippen LogP contribution in [0, 0.1) is 17.0 Å². The Balaban J connectivity index is 1.65. The van der Waals surface area contributed by atoms with E-state index in [1.165, 1.54) is 31.5 Å². The number of ether oxygens (including phenoxy) is 2. The molecule has 0 bridgehead atoms. The fourth-order valence-electron chi connectivity index (χ4n) is 2.80. The second-order valence-corrected chi connectivity index (χ2v) is 6.64. The van der Waals surface area contributed by atoms with Gasteiger partial charge in [-0.3, -0.25) is 14.9 Å². The summed E-state index contributed by atoms with van der Waals surface area (Å²) in [6, 6.07) is 19.3. The standard InChI is InChI=1S/C23H21N3O5/c1-16-8-10-19(13-20(16)26(28)29)23(27)25-24-14-18-9-11-21(22(12-18)30-2)31-15-17-6-4-3-5-7-17/h3-14H,15H2,1-2H3,(H,25,27). The lowest BCUT2D eigenvalue weighted by atomic mass is 10.1. The van der Waals surface area contributed by atoms with E-state index in [2.05, 4.69) is 10.5 Å². The Kier molecular flexibility index (Phi) is 6.95. The van der Waals surface area contributed by atoms with Crippen LogP contribution in [0.15, 0.2) is 71.8 Å². The molecule has 0 aliphatic heterocycles. The second-order valence-electron chi connectivity index (χ2n) is 6.64. The second kappa shape index (κ2) is 10.0. The molecule has 0 aliphatic carbocycles. The first-order chi connectivity index (χ1) is 15.0. The summed E-state index contributed by atoms with van der Waals surface area (Å²) < 4.78 is 11.2. The van der Waals surface area contributed by atoms with E-state index in [-0.39, 0.29) is 11.3 Å². The molecule has 0 fully saturated rings. The number of aryl methyl sites for hydroxylation is 1. The van der Waals surface area contributed by atoms with Gasteiger partial charge in [0.2, 0.25) is 0 Å². The third kappa shape index (κ3) is 5.66. The van der Waals surface area contributed by atoms with Gasteiger partial charge in [0.05, 0.1) is 18.2 Å². The number of carbonyl (C=O) groups is 1. The molecule has 3 aromatic rings. The number of benzene rings is 3. The largest absolute Gasteiger partial charge is 0.493 e. The zero-order valence-electron chi connectivity index (χ0n) is 17.1. The molecule has 3 rings (SSSR count). The highest BCUT2D eigenvalue weighted by atomic mass is 16.6. The molecule has 1 amide bonds. The van der Waals surface area contributed by atoms with Crippen LogP contribution in [-0.4, -0.2) is 24.2 Å². The molecule has 0 heterocycles. The molecule has 0 radical (unpaired) electrons. The molecule has 0 aliphatic rings. The summed E-state index contributed by atoms with van der Waals surface area (Å²) in [6.45, 7) is 2.02. The van der Waals surface area contributed by atoms with Crippen LogP contribution in [0.4, 0.5) is 5.69 Å². The Morgan fingerprint density at radius 1 is 1.10 bits per heavy atom. The van der Waals surface area contributed by atoms with E-state index in [9.17, 15) is 14.9 Å². The summed E-state index contributed by atoms with van der Waals surface area (Å²) in [5, 5.41) is 15.0. The van der Waals surface area contributed by atoms with E-state index >= 15 is 0 Å². The number of hydrogen-bond donors (Lipinski definition) is 1. The van der Waals surface area contributed by atoms with Crippen LogP contribution in [0.1, 0.15) is 27.0 Å². The number of nitrogens with one attached hydrogen (secondary N) is 1. The molecule has 1 N–H and O–H groups in total.